The van der Waals surface area contributed by atoms with Crippen molar-refractivity contribution in [1.29, 1.82) is 0 Å². The Kier molecular flexibility index (Phi) is 6.47. The van der Waals surface area contributed by atoms with Crippen LogP contribution in [0.4, 0.5) is 10.8 Å². The zero-order valence-electron chi connectivity index (χ0n) is 15.5. The molecule has 0 bridgehead atoms. The Bertz CT molecular complexity index is 898. The van der Waals surface area contributed by atoms with Crippen molar-refractivity contribution in [2.24, 2.45) is 0 Å². The number of anilines is 2. The summed E-state index contributed by atoms with van der Waals surface area (Å²) in [4.78, 5) is 14.3. The monoisotopic (exact) mass is 398 g/mol. The van der Waals surface area contributed by atoms with Gasteiger partial charge >= 0.3 is 0 Å². The van der Waals surface area contributed by atoms with Crippen LogP contribution in [0.1, 0.15) is 24.1 Å². The maximum Gasteiger partial charge on any atom is 0.233 e. The smallest absolute Gasteiger partial charge is 0.233 e. The number of thioether (sulfide) groups is 1. The van der Waals surface area contributed by atoms with Crippen molar-refractivity contribution in [3.8, 4) is 0 Å². The van der Waals surface area contributed by atoms with Crippen LogP contribution in [0.2, 0.25) is 0 Å². The molecule has 1 N–H and O–H groups in total. The summed E-state index contributed by atoms with van der Waals surface area (Å²) in [5.41, 5.74) is 3.29. The van der Waals surface area contributed by atoms with Gasteiger partial charge in [0.15, 0.2) is 4.34 Å². The molecule has 1 aromatic heterocycles. The molecule has 0 aliphatic carbocycles. The van der Waals surface area contributed by atoms with Crippen molar-refractivity contribution in [2.45, 2.75) is 24.2 Å². The Hall–Kier alpha value is -2.38. The van der Waals surface area contributed by atoms with Crippen LogP contribution in [0.15, 0.2) is 58.9 Å². The molecular formula is C20H22N4OS2. The largest absolute Gasteiger partial charge is 0.338 e. The number of amides is 1. The summed E-state index contributed by atoms with van der Waals surface area (Å²) in [6.07, 6.45) is 0. The first-order valence-corrected chi connectivity index (χ1v) is 10.4. The Morgan fingerprint density at radius 2 is 1.96 bits per heavy atom. The maximum absolute atomic E-state index is 12.5. The van der Waals surface area contributed by atoms with Crippen molar-refractivity contribution < 1.29 is 4.79 Å². The van der Waals surface area contributed by atoms with Crippen LogP contribution in [0, 0.1) is 6.92 Å². The van der Waals surface area contributed by atoms with Crippen LogP contribution in [0.25, 0.3) is 0 Å². The molecule has 0 spiro atoms. The Morgan fingerprint density at radius 1 is 1.19 bits per heavy atom. The number of benzene rings is 2. The Labute approximate surface area is 167 Å². The molecule has 1 unspecified atom stereocenters. The van der Waals surface area contributed by atoms with E-state index in [1.165, 1.54) is 28.7 Å². The molecule has 5 nitrogen and oxygen atoms in total. The number of nitrogens with one attached hydrogen (secondary N) is 1. The van der Waals surface area contributed by atoms with Crippen molar-refractivity contribution in [2.75, 3.05) is 18.1 Å². The quantitative estimate of drug-likeness (QED) is 0.574. The lowest BCUT2D eigenvalue weighted by Gasteiger charge is -2.25. The predicted octanol–water partition coefficient (Wildman–Crippen LogP) is 4.90. The van der Waals surface area contributed by atoms with Gasteiger partial charge in [-0.05, 0) is 37.1 Å². The molecule has 0 radical (unpaired) electrons. The van der Waals surface area contributed by atoms with E-state index in [1.54, 1.807) is 4.90 Å². The van der Waals surface area contributed by atoms with Crippen molar-refractivity contribution in [3.05, 3.63) is 65.7 Å². The number of hydrogen-bond donors (Lipinski definition) is 1. The van der Waals surface area contributed by atoms with E-state index < -0.39 is 0 Å². The zero-order valence-corrected chi connectivity index (χ0v) is 17.2. The highest BCUT2D eigenvalue weighted by atomic mass is 32.2. The summed E-state index contributed by atoms with van der Waals surface area (Å²) in [6.45, 7) is 4.08. The molecule has 140 valence electrons. The fourth-order valence-corrected chi connectivity index (χ4v) is 4.26. The fourth-order valence-electron chi connectivity index (χ4n) is 2.56. The van der Waals surface area contributed by atoms with Crippen molar-refractivity contribution >= 4 is 39.8 Å². The SMILES string of the molecule is Cc1cccc(Nc2nnc(SCC(=O)N(C)C(C)c3ccccc3)s2)c1. The minimum absolute atomic E-state index is 0.0345. The molecule has 27 heavy (non-hydrogen) atoms. The lowest BCUT2D eigenvalue weighted by atomic mass is 10.1. The number of aryl methyl sites for hydroxylation is 1. The number of carbonyl (C=O) groups is 1. The van der Waals surface area contributed by atoms with Gasteiger partial charge in [0.2, 0.25) is 11.0 Å². The third kappa shape index (κ3) is 5.30. The molecule has 3 rings (SSSR count). The zero-order chi connectivity index (χ0) is 19.2. The number of carbonyl (C=O) groups excluding carboxylic acids is 1. The van der Waals surface area contributed by atoms with E-state index in [-0.39, 0.29) is 11.9 Å². The summed E-state index contributed by atoms with van der Waals surface area (Å²) in [5, 5.41) is 12.3. The molecule has 2 aromatic carbocycles. The normalized spacial score (nSPS) is 11.8. The molecule has 0 aliphatic rings. The van der Waals surface area contributed by atoms with E-state index in [1.807, 2.05) is 69.4 Å². The molecule has 7 heteroatoms. The average Bonchev–Trinajstić information content (AvgIpc) is 3.13. The van der Waals surface area contributed by atoms with Crippen molar-refractivity contribution in [1.82, 2.24) is 15.1 Å². The number of hydrogen-bond acceptors (Lipinski definition) is 6. The lowest BCUT2D eigenvalue weighted by Crippen LogP contribution is -2.31. The molecule has 0 fully saturated rings. The van der Waals surface area contributed by atoms with Gasteiger partial charge < -0.3 is 10.2 Å². The maximum atomic E-state index is 12.5. The van der Waals surface area contributed by atoms with E-state index in [9.17, 15) is 4.79 Å². The molecular weight excluding hydrogens is 376 g/mol. The summed E-state index contributed by atoms with van der Waals surface area (Å²) in [6, 6.07) is 18.2. The van der Waals surface area contributed by atoms with Gasteiger partial charge in [0.25, 0.3) is 0 Å². The predicted molar refractivity (Wildman–Crippen MR) is 113 cm³/mol. The van der Waals surface area contributed by atoms with E-state index in [0.29, 0.717) is 5.75 Å². The van der Waals surface area contributed by atoms with Gasteiger partial charge in [-0.2, -0.15) is 0 Å². The first-order valence-electron chi connectivity index (χ1n) is 8.63. The first-order chi connectivity index (χ1) is 13.0. The topological polar surface area (TPSA) is 58.1 Å². The Morgan fingerprint density at radius 3 is 2.70 bits per heavy atom. The molecule has 1 atom stereocenters. The highest BCUT2D eigenvalue weighted by molar-refractivity contribution is 8.01. The third-order valence-electron chi connectivity index (χ3n) is 4.25. The summed E-state index contributed by atoms with van der Waals surface area (Å²) in [7, 11) is 1.84. The highest BCUT2D eigenvalue weighted by Gasteiger charge is 2.18. The molecule has 1 amide bonds. The molecule has 0 saturated carbocycles. The second kappa shape index (κ2) is 9.01. The van der Waals surface area contributed by atoms with Gasteiger partial charge in [0.1, 0.15) is 0 Å². The second-order valence-electron chi connectivity index (χ2n) is 6.25. The average molecular weight is 399 g/mol. The van der Waals surface area contributed by atoms with Gasteiger partial charge in [-0.25, -0.2) is 0 Å². The standard InChI is InChI=1S/C20H22N4OS2/c1-14-8-7-11-17(12-14)21-19-22-23-20(27-19)26-13-18(25)24(3)15(2)16-9-5-4-6-10-16/h4-12,15H,13H2,1-3H3,(H,21,22). The van der Waals surface area contributed by atoms with Crippen LogP contribution in [-0.2, 0) is 4.79 Å². The summed E-state index contributed by atoms with van der Waals surface area (Å²) in [5.74, 6) is 0.409. The molecule has 3 aromatic rings. The first kappa shape index (κ1) is 19.4. The van der Waals surface area contributed by atoms with Crippen LogP contribution in [-0.4, -0.2) is 33.8 Å². The van der Waals surface area contributed by atoms with Gasteiger partial charge in [-0.3, -0.25) is 4.79 Å². The van der Waals surface area contributed by atoms with Crippen LogP contribution >= 0.6 is 23.1 Å². The molecule has 0 aliphatic heterocycles. The van der Waals surface area contributed by atoms with Crippen LogP contribution in [0.3, 0.4) is 0 Å². The van der Waals surface area contributed by atoms with Crippen LogP contribution < -0.4 is 5.32 Å². The minimum Gasteiger partial charge on any atom is -0.338 e. The van der Waals surface area contributed by atoms with Gasteiger partial charge in [0.05, 0.1) is 11.8 Å². The summed E-state index contributed by atoms with van der Waals surface area (Å²) < 4.78 is 0.777. The van der Waals surface area contributed by atoms with Gasteiger partial charge in [-0.15, -0.1) is 10.2 Å². The minimum atomic E-state index is 0.0345. The van der Waals surface area contributed by atoms with Crippen LogP contribution in [0.5, 0.6) is 0 Å². The van der Waals surface area contributed by atoms with E-state index in [0.717, 1.165) is 20.7 Å². The van der Waals surface area contributed by atoms with Gasteiger partial charge in [0, 0.05) is 12.7 Å². The highest BCUT2D eigenvalue weighted by Crippen LogP contribution is 2.28. The number of rotatable bonds is 7. The van der Waals surface area contributed by atoms with Crippen molar-refractivity contribution in [3.63, 3.8) is 0 Å². The fraction of sp³-hybridized carbons (Fsp3) is 0.250. The van der Waals surface area contributed by atoms with E-state index >= 15 is 0 Å². The third-order valence-corrected chi connectivity index (χ3v) is 6.21. The summed E-state index contributed by atoms with van der Waals surface area (Å²) >= 11 is 2.87. The number of nitrogens with zero attached hydrogens (tertiary/aromatic N) is 3. The lowest BCUT2D eigenvalue weighted by molar-refractivity contribution is -0.128. The molecule has 1 heterocycles. The van der Waals surface area contributed by atoms with E-state index in [2.05, 4.69) is 21.6 Å². The van der Waals surface area contributed by atoms with E-state index in [4.69, 9.17) is 0 Å². The molecule has 0 saturated heterocycles. The van der Waals surface area contributed by atoms with Gasteiger partial charge in [-0.1, -0.05) is 65.6 Å². The number of aromatic nitrogens is 2. The Balaban J connectivity index is 1.54. The second-order valence-corrected chi connectivity index (χ2v) is 8.45.